The lowest BCUT2D eigenvalue weighted by Gasteiger charge is -2.15. The molecular weight excluding hydrogens is 126 g/mol. The molecule has 1 N–H and O–H groups in total. The van der Waals surface area contributed by atoms with Gasteiger partial charge >= 0.3 is 0 Å². The van der Waals surface area contributed by atoms with Gasteiger partial charge in [-0.1, -0.05) is 0 Å². The van der Waals surface area contributed by atoms with Crippen LogP contribution in [0.15, 0.2) is 0 Å². The van der Waals surface area contributed by atoms with Crippen LogP contribution in [0.3, 0.4) is 0 Å². The zero-order valence-electron chi connectivity index (χ0n) is 6.31. The molecule has 2 fully saturated rings. The highest BCUT2D eigenvalue weighted by Gasteiger charge is 2.27. The van der Waals surface area contributed by atoms with Crippen molar-refractivity contribution in [1.29, 1.82) is 0 Å². The molecule has 0 bridgehead atoms. The van der Waals surface area contributed by atoms with E-state index in [-0.39, 0.29) is 0 Å². The summed E-state index contributed by atoms with van der Waals surface area (Å²) in [5.74, 6) is 0.822. The Balaban J connectivity index is 1.85. The molecule has 0 spiro atoms. The molecule has 2 unspecified atom stereocenters. The predicted molar refractivity (Wildman–Crippen MR) is 40.0 cm³/mol. The Morgan fingerprint density at radius 2 is 2.30 bits per heavy atom. The van der Waals surface area contributed by atoms with Gasteiger partial charge in [-0.05, 0) is 31.7 Å². The first-order valence-electron chi connectivity index (χ1n) is 4.29. The number of ether oxygens (including phenoxy) is 1. The van der Waals surface area contributed by atoms with Crippen molar-refractivity contribution in [2.75, 3.05) is 19.7 Å². The molecule has 0 aliphatic carbocycles. The fourth-order valence-corrected chi connectivity index (χ4v) is 1.97. The topological polar surface area (TPSA) is 21.3 Å². The molecule has 0 saturated carbocycles. The number of hydrogen-bond acceptors (Lipinski definition) is 2. The summed E-state index contributed by atoms with van der Waals surface area (Å²) in [4.78, 5) is 0. The van der Waals surface area contributed by atoms with Gasteiger partial charge < -0.3 is 10.1 Å². The molecule has 0 radical (unpaired) electrons. The Morgan fingerprint density at radius 1 is 1.30 bits per heavy atom. The van der Waals surface area contributed by atoms with Crippen LogP contribution in [0, 0.1) is 5.92 Å². The summed E-state index contributed by atoms with van der Waals surface area (Å²) in [5, 5.41) is 3.37. The van der Waals surface area contributed by atoms with Crippen LogP contribution >= 0.6 is 0 Å². The van der Waals surface area contributed by atoms with E-state index in [9.17, 15) is 0 Å². The van der Waals surface area contributed by atoms with Gasteiger partial charge in [-0.3, -0.25) is 0 Å². The smallest absolute Gasteiger partial charge is 0.0616 e. The van der Waals surface area contributed by atoms with E-state index in [1.165, 1.54) is 32.4 Å². The first-order chi connectivity index (χ1) is 4.97. The third kappa shape index (κ3) is 1.18. The van der Waals surface area contributed by atoms with Crippen LogP contribution in [0.1, 0.15) is 19.3 Å². The molecule has 2 rings (SSSR count). The molecule has 2 atom stereocenters. The average Bonchev–Trinajstić information content (AvgIpc) is 2.59. The molecule has 2 heteroatoms. The van der Waals surface area contributed by atoms with Crippen LogP contribution in [-0.2, 0) is 4.74 Å². The van der Waals surface area contributed by atoms with Crippen molar-refractivity contribution < 1.29 is 4.74 Å². The molecule has 58 valence electrons. The zero-order chi connectivity index (χ0) is 6.81. The molecule has 2 saturated heterocycles. The predicted octanol–water partition coefficient (Wildman–Crippen LogP) is 0.775. The van der Waals surface area contributed by atoms with E-state index in [0.29, 0.717) is 6.10 Å². The molecule has 10 heavy (non-hydrogen) atoms. The zero-order valence-corrected chi connectivity index (χ0v) is 6.31. The first kappa shape index (κ1) is 6.62. The summed E-state index contributed by atoms with van der Waals surface area (Å²) in [7, 11) is 0. The second-order valence-electron chi connectivity index (χ2n) is 3.30. The lowest BCUT2D eigenvalue weighted by molar-refractivity contribution is 0.0700. The van der Waals surface area contributed by atoms with Gasteiger partial charge in [-0.15, -0.1) is 0 Å². The largest absolute Gasteiger partial charge is 0.378 e. The second-order valence-corrected chi connectivity index (χ2v) is 3.30. The highest BCUT2D eigenvalue weighted by Crippen LogP contribution is 2.24. The minimum Gasteiger partial charge on any atom is -0.378 e. The molecule has 0 aromatic heterocycles. The maximum Gasteiger partial charge on any atom is 0.0616 e. The maximum atomic E-state index is 5.60. The fourth-order valence-electron chi connectivity index (χ4n) is 1.97. The molecule has 2 nitrogen and oxygen atoms in total. The highest BCUT2D eigenvalue weighted by atomic mass is 16.5. The average molecular weight is 141 g/mol. The van der Waals surface area contributed by atoms with E-state index in [1.807, 2.05) is 0 Å². The van der Waals surface area contributed by atoms with E-state index >= 15 is 0 Å². The van der Waals surface area contributed by atoms with E-state index < -0.39 is 0 Å². The minimum atomic E-state index is 0.593. The SMILES string of the molecule is C1COC(C2CCNC2)C1. The Labute approximate surface area is 61.9 Å². The Bertz CT molecular complexity index is 89.8. The number of hydrogen-bond donors (Lipinski definition) is 1. The summed E-state index contributed by atoms with van der Waals surface area (Å²) in [6, 6.07) is 0. The lowest BCUT2D eigenvalue weighted by atomic mass is 10.00. The first-order valence-corrected chi connectivity index (χ1v) is 4.29. The van der Waals surface area contributed by atoms with E-state index in [0.717, 1.165) is 12.5 Å². The van der Waals surface area contributed by atoms with Crippen LogP contribution in [0.25, 0.3) is 0 Å². The Kier molecular flexibility index (Phi) is 1.91. The third-order valence-electron chi connectivity index (χ3n) is 2.59. The van der Waals surface area contributed by atoms with Gasteiger partial charge in [0.05, 0.1) is 6.10 Å². The van der Waals surface area contributed by atoms with Crippen molar-refractivity contribution in [2.24, 2.45) is 5.92 Å². The van der Waals surface area contributed by atoms with Crippen molar-refractivity contribution in [3.8, 4) is 0 Å². The number of rotatable bonds is 1. The van der Waals surface area contributed by atoms with Crippen molar-refractivity contribution in [3.63, 3.8) is 0 Å². The second kappa shape index (κ2) is 2.89. The van der Waals surface area contributed by atoms with Crippen molar-refractivity contribution in [3.05, 3.63) is 0 Å². The van der Waals surface area contributed by atoms with E-state index in [2.05, 4.69) is 5.32 Å². The molecule has 0 amide bonds. The molecule has 2 heterocycles. The molecule has 2 aliphatic rings. The molecule has 0 aromatic carbocycles. The summed E-state index contributed by atoms with van der Waals surface area (Å²) in [5.41, 5.74) is 0. The lowest BCUT2D eigenvalue weighted by Crippen LogP contribution is -2.21. The van der Waals surface area contributed by atoms with Crippen LogP contribution in [0.5, 0.6) is 0 Å². The van der Waals surface area contributed by atoms with Gasteiger partial charge in [-0.25, -0.2) is 0 Å². The van der Waals surface area contributed by atoms with Gasteiger partial charge in [0.25, 0.3) is 0 Å². The molecule has 2 aliphatic heterocycles. The van der Waals surface area contributed by atoms with Crippen molar-refractivity contribution >= 4 is 0 Å². The van der Waals surface area contributed by atoms with Crippen LogP contribution < -0.4 is 5.32 Å². The van der Waals surface area contributed by atoms with Gasteiger partial charge in [0.2, 0.25) is 0 Å². The third-order valence-corrected chi connectivity index (χ3v) is 2.59. The Morgan fingerprint density at radius 3 is 2.90 bits per heavy atom. The van der Waals surface area contributed by atoms with Crippen molar-refractivity contribution in [2.45, 2.75) is 25.4 Å². The standard InChI is InChI=1S/C8H15NO/c1-2-8(10-5-1)7-3-4-9-6-7/h7-9H,1-6H2. The monoisotopic (exact) mass is 141 g/mol. The van der Waals surface area contributed by atoms with Crippen LogP contribution in [-0.4, -0.2) is 25.8 Å². The molecule has 0 aromatic rings. The normalized spacial score (nSPS) is 40.8. The quantitative estimate of drug-likeness (QED) is 0.582. The summed E-state index contributed by atoms with van der Waals surface area (Å²) in [6.45, 7) is 3.39. The van der Waals surface area contributed by atoms with Gasteiger partial charge in [0.15, 0.2) is 0 Å². The van der Waals surface area contributed by atoms with Gasteiger partial charge in [-0.2, -0.15) is 0 Å². The minimum absolute atomic E-state index is 0.593. The van der Waals surface area contributed by atoms with Gasteiger partial charge in [0, 0.05) is 13.2 Å². The van der Waals surface area contributed by atoms with E-state index in [1.54, 1.807) is 0 Å². The van der Waals surface area contributed by atoms with Gasteiger partial charge in [0.1, 0.15) is 0 Å². The van der Waals surface area contributed by atoms with Crippen LogP contribution in [0.4, 0.5) is 0 Å². The maximum absolute atomic E-state index is 5.60. The highest BCUT2D eigenvalue weighted by molar-refractivity contribution is 4.81. The Hall–Kier alpha value is -0.0800. The number of nitrogens with one attached hydrogen (secondary N) is 1. The fraction of sp³-hybridized carbons (Fsp3) is 1.00. The summed E-state index contributed by atoms with van der Waals surface area (Å²) in [6.07, 6.45) is 4.49. The molecular formula is C8H15NO. The van der Waals surface area contributed by atoms with Crippen molar-refractivity contribution in [1.82, 2.24) is 5.32 Å². The van der Waals surface area contributed by atoms with Crippen LogP contribution in [0.2, 0.25) is 0 Å². The summed E-state index contributed by atoms with van der Waals surface area (Å²) >= 11 is 0. The van der Waals surface area contributed by atoms with E-state index in [4.69, 9.17) is 4.74 Å². The summed E-state index contributed by atoms with van der Waals surface area (Å²) < 4.78 is 5.60.